The smallest absolute Gasteiger partial charge is 0.227 e. The van der Waals surface area contributed by atoms with Gasteiger partial charge >= 0.3 is 0 Å². The van der Waals surface area contributed by atoms with Gasteiger partial charge in [0.2, 0.25) is 5.91 Å². The third-order valence-electron chi connectivity index (χ3n) is 4.67. The van der Waals surface area contributed by atoms with Gasteiger partial charge in [-0.3, -0.25) is 4.79 Å². The summed E-state index contributed by atoms with van der Waals surface area (Å²) in [5, 5.41) is 19.8. The number of aromatic hydroxyl groups is 1. The first kappa shape index (κ1) is 16.5. The lowest BCUT2D eigenvalue weighted by Gasteiger charge is -2.27. The molecule has 1 saturated heterocycles. The molecule has 0 bridgehead atoms. The Labute approximate surface area is 142 Å². The highest BCUT2D eigenvalue weighted by Gasteiger charge is 2.30. The topological polar surface area (TPSA) is 60.8 Å². The minimum absolute atomic E-state index is 0.0865. The highest BCUT2D eigenvalue weighted by atomic mass is 16.3. The number of aliphatic hydroxyl groups is 1. The quantitative estimate of drug-likeness (QED) is 0.888. The van der Waals surface area contributed by atoms with E-state index in [9.17, 15) is 15.0 Å². The zero-order valence-corrected chi connectivity index (χ0v) is 13.6. The highest BCUT2D eigenvalue weighted by molar-refractivity contribution is 5.79. The second-order valence-electron chi connectivity index (χ2n) is 6.39. The molecule has 2 aromatic rings. The maximum atomic E-state index is 12.6. The maximum absolute atomic E-state index is 12.6. The maximum Gasteiger partial charge on any atom is 0.227 e. The standard InChI is InChI=1S/C20H23NO3/c22-18-10-8-15(9-11-18)13-20(24)21-12-4-7-17(21)14-19(23)16-5-2-1-3-6-16/h1-3,5-6,8-11,17,19,22-23H,4,7,12-14H2. The number of amides is 1. The number of rotatable bonds is 5. The molecule has 126 valence electrons. The van der Waals surface area contributed by atoms with E-state index in [0.717, 1.165) is 30.5 Å². The van der Waals surface area contributed by atoms with Crippen LogP contribution in [0.3, 0.4) is 0 Å². The molecule has 1 amide bonds. The predicted molar refractivity (Wildman–Crippen MR) is 92.6 cm³/mol. The molecule has 1 aliphatic rings. The Bertz CT molecular complexity index is 669. The summed E-state index contributed by atoms with van der Waals surface area (Å²) in [4.78, 5) is 14.5. The van der Waals surface area contributed by atoms with Crippen molar-refractivity contribution in [1.29, 1.82) is 0 Å². The van der Waals surface area contributed by atoms with Gasteiger partial charge in [0.25, 0.3) is 0 Å². The molecule has 1 aliphatic heterocycles. The summed E-state index contributed by atoms with van der Waals surface area (Å²) in [7, 11) is 0. The molecule has 2 unspecified atom stereocenters. The number of phenolic OH excluding ortho intramolecular Hbond substituents is 1. The Balaban J connectivity index is 1.62. The lowest BCUT2D eigenvalue weighted by molar-refractivity contribution is -0.131. The van der Waals surface area contributed by atoms with Crippen LogP contribution in [0.5, 0.6) is 5.75 Å². The van der Waals surface area contributed by atoms with Crippen LogP contribution in [0.4, 0.5) is 0 Å². The van der Waals surface area contributed by atoms with Crippen LogP contribution in [0.1, 0.15) is 36.5 Å². The van der Waals surface area contributed by atoms with Gasteiger partial charge in [-0.25, -0.2) is 0 Å². The van der Waals surface area contributed by atoms with Gasteiger partial charge in [0, 0.05) is 12.6 Å². The van der Waals surface area contributed by atoms with E-state index >= 15 is 0 Å². The molecule has 4 nitrogen and oxygen atoms in total. The summed E-state index contributed by atoms with van der Waals surface area (Å²) in [6.07, 6.45) is 2.28. The Morgan fingerprint density at radius 3 is 2.54 bits per heavy atom. The normalized spacial score (nSPS) is 18.5. The van der Waals surface area contributed by atoms with E-state index in [4.69, 9.17) is 0 Å². The second-order valence-corrected chi connectivity index (χ2v) is 6.39. The first-order valence-corrected chi connectivity index (χ1v) is 8.44. The van der Waals surface area contributed by atoms with Gasteiger partial charge in [-0.05, 0) is 42.5 Å². The largest absolute Gasteiger partial charge is 0.508 e. The van der Waals surface area contributed by atoms with Crippen LogP contribution in [-0.4, -0.2) is 33.6 Å². The van der Waals surface area contributed by atoms with E-state index < -0.39 is 6.10 Å². The van der Waals surface area contributed by atoms with Crippen LogP contribution < -0.4 is 0 Å². The summed E-state index contributed by atoms with van der Waals surface area (Å²) in [6.45, 7) is 0.753. The Kier molecular flexibility index (Phi) is 5.16. The van der Waals surface area contributed by atoms with Gasteiger partial charge in [0.15, 0.2) is 0 Å². The molecular weight excluding hydrogens is 302 g/mol. The van der Waals surface area contributed by atoms with E-state index in [1.807, 2.05) is 35.2 Å². The van der Waals surface area contributed by atoms with Gasteiger partial charge in [-0.1, -0.05) is 42.5 Å². The van der Waals surface area contributed by atoms with Crippen LogP contribution in [0.15, 0.2) is 54.6 Å². The van der Waals surface area contributed by atoms with Crippen molar-refractivity contribution in [1.82, 2.24) is 4.90 Å². The van der Waals surface area contributed by atoms with Crippen LogP contribution in [-0.2, 0) is 11.2 Å². The average Bonchev–Trinajstić information content (AvgIpc) is 3.06. The SMILES string of the molecule is O=C(Cc1ccc(O)cc1)N1CCCC1CC(O)c1ccccc1. The molecule has 4 heteroatoms. The van der Waals surface area contributed by atoms with Crippen molar-refractivity contribution in [3.63, 3.8) is 0 Å². The lowest BCUT2D eigenvalue weighted by atomic mass is 10.00. The summed E-state index contributed by atoms with van der Waals surface area (Å²) in [5.41, 5.74) is 1.79. The highest BCUT2D eigenvalue weighted by Crippen LogP contribution is 2.28. The van der Waals surface area contributed by atoms with Gasteiger partial charge in [0.1, 0.15) is 5.75 Å². The predicted octanol–water partition coefficient (Wildman–Crippen LogP) is 3.05. The summed E-state index contributed by atoms with van der Waals surface area (Å²) in [6, 6.07) is 16.4. The Morgan fingerprint density at radius 1 is 1.12 bits per heavy atom. The zero-order valence-electron chi connectivity index (χ0n) is 13.6. The number of nitrogens with zero attached hydrogens (tertiary/aromatic N) is 1. The Morgan fingerprint density at radius 2 is 1.83 bits per heavy atom. The van der Waals surface area contributed by atoms with Crippen molar-refractivity contribution in [2.75, 3.05) is 6.54 Å². The van der Waals surface area contributed by atoms with Crippen molar-refractivity contribution in [3.05, 3.63) is 65.7 Å². The third-order valence-corrected chi connectivity index (χ3v) is 4.67. The van der Waals surface area contributed by atoms with E-state index in [0.29, 0.717) is 12.8 Å². The first-order chi connectivity index (χ1) is 11.6. The number of hydrogen-bond acceptors (Lipinski definition) is 3. The van der Waals surface area contributed by atoms with Crippen LogP contribution >= 0.6 is 0 Å². The first-order valence-electron chi connectivity index (χ1n) is 8.44. The molecule has 2 atom stereocenters. The van der Waals surface area contributed by atoms with Gasteiger partial charge in [0.05, 0.1) is 12.5 Å². The molecule has 1 heterocycles. The number of likely N-dealkylation sites (tertiary alicyclic amines) is 1. The molecule has 0 aromatic heterocycles. The van der Waals surface area contributed by atoms with Crippen molar-refractivity contribution < 1.29 is 15.0 Å². The van der Waals surface area contributed by atoms with E-state index in [2.05, 4.69) is 0 Å². The van der Waals surface area contributed by atoms with Crippen LogP contribution in [0, 0.1) is 0 Å². The summed E-state index contributed by atoms with van der Waals surface area (Å²) >= 11 is 0. The molecule has 0 spiro atoms. The molecule has 2 N–H and O–H groups in total. The second kappa shape index (κ2) is 7.49. The van der Waals surface area contributed by atoms with Crippen LogP contribution in [0.25, 0.3) is 0 Å². The number of phenols is 1. The molecule has 3 rings (SSSR count). The average molecular weight is 325 g/mol. The molecule has 0 aliphatic carbocycles. The summed E-state index contributed by atoms with van der Waals surface area (Å²) < 4.78 is 0. The molecule has 0 radical (unpaired) electrons. The van der Waals surface area contributed by atoms with Gasteiger partial charge in [-0.2, -0.15) is 0 Å². The molecule has 1 fully saturated rings. The van der Waals surface area contributed by atoms with Crippen molar-refractivity contribution in [2.45, 2.75) is 37.8 Å². The summed E-state index contributed by atoms with van der Waals surface area (Å²) in [5.74, 6) is 0.291. The number of benzene rings is 2. The number of aliphatic hydroxyl groups excluding tert-OH is 1. The van der Waals surface area contributed by atoms with E-state index in [-0.39, 0.29) is 17.7 Å². The zero-order chi connectivity index (χ0) is 16.9. The van der Waals surface area contributed by atoms with Gasteiger partial charge in [-0.15, -0.1) is 0 Å². The third kappa shape index (κ3) is 3.95. The van der Waals surface area contributed by atoms with Crippen LogP contribution in [0.2, 0.25) is 0 Å². The van der Waals surface area contributed by atoms with E-state index in [1.165, 1.54) is 0 Å². The minimum Gasteiger partial charge on any atom is -0.508 e. The van der Waals surface area contributed by atoms with E-state index in [1.54, 1.807) is 24.3 Å². The number of carbonyl (C=O) groups excluding carboxylic acids is 1. The molecule has 2 aromatic carbocycles. The fraction of sp³-hybridized carbons (Fsp3) is 0.350. The lowest BCUT2D eigenvalue weighted by Crippen LogP contribution is -2.37. The fourth-order valence-electron chi connectivity index (χ4n) is 3.37. The van der Waals surface area contributed by atoms with Crippen molar-refractivity contribution in [2.24, 2.45) is 0 Å². The fourth-order valence-corrected chi connectivity index (χ4v) is 3.37. The number of hydrogen-bond donors (Lipinski definition) is 2. The van der Waals surface area contributed by atoms with Gasteiger partial charge < -0.3 is 15.1 Å². The Hall–Kier alpha value is -2.33. The molecule has 0 saturated carbocycles. The monoisotopic (exact) mass is 325 g/mol. The van der Waals surface area contributed by atoms with Crippen molar-refractivity contribution in [3.8, 4) is 5.75 Å². The van der Waals surface area contributed by atoms with Crippen molar-refractivity contribution >= 4 is 5.91 Å². The minimum atomic E-state index is -0.543. The molecular formula is C20H23NO3. The molecule has 24 heavy (non-hydrogen) atoms. The number of carbonyl (C=O) groups is 1.